The molecule has 35 heavy (non-hydrogen) atoms. The lowest BCUT2D eigenvalue weighted by Crippen LogP contribution is -2.25. The van der Waals surface area contributed by atoms with Gasteiger partial charge in [-0.25, -0.2) is 9.78 Å². The zero-order chi connectivity index (χ0) is 24.7. The van der Waals surface area contributed by atoms with Crippen molar-refractivity contribution in [3.05, 3.63) is 11.6 Å². The molecule has 0 radical (unpaired) electrons. The Bertz CT molecular complexity index is 708. The third-order valence-electron chi connectivity index (χ3n) is 7.81. The summed E-state index contributed by atoms with van der Waals surface area (Å²) in [5, 5.41) is 7.83. The van der Waals surface area contributed by atoms with Crippen LogP contribution in [0.25, 0.3) is 0 Å². The van der Waals surface area contributed by atoms with Crippen LogP contribution >= 0.6 is 0 Å². The second-order valence-electron chi connectivity index (χ2n) is 10.6. The molecular weight excluding hydrogens is 442 g/mol. The molecule has 3 rings (SSSR count). The van der Waals surface area contributed by atoms with E-state index in [0.29, 0.717) is 25.2 Å². The van der Waals surface area contributed by atoms with Crippen molar-refractivity contribution < 1.29 is 19.0 Å². The highest BCUT2D eigenvalue weighted by Gasteiger charge is 2.32. The van der Waals surface area contributed by atoms with Gasteiger partial charge < -0.3 is 14.2 Å². The summed E-state index contributed by atoms with van der Waals surface area (Å²) in [6.45, 7) is 5.92. The van der Waals surface area contributed by atoms with Gasteiger partial charge in [0.2, 0.25) is 0 Å². The number of nitrogens with zero attached hydrogens (tertiary/aromatic N) is 2. The molecule has 2 aliphatic rings. The first-order valence-electron chi connectivity index (χ1n) is 14.5. The van der Waals surface area contributed by atoms with E-state index in [2.05, 4.69) is 24.0 Å². The maximum Gasteiger partial charge on any atom is 0.508 e. The van der Waals surface area contributed by atoms with E-state index in [1.165, 1.54) is 51.4 Å². The lowest BCUT2D eigenvalue weighted by molar-refractivity contribution is 0.0299. The molecule has 7 nitrogen and oxygen atoms in total. The molecule has 1 aromatic rings. The molecule has 2 fully saturated rings. The van der Waals surface area contributed by atoms with Gasteiger partial charge in [0.05, 0.1) is 19.3 Å². The second-order valence-corrected chi connectivity index (χ2v) is 10.6. The van der Waals surface area contributed by atoms with Gasteiger partial charge in [-0.2, -0.15) is 5.10 Å². The molecule has 7 heteroatoms. The van der Waals surface area contributed by atoms with Gasteiger partial charge in [-0.05, 0) is 45.4 Å². The molecule has 1 heterocycles. The largest absolute Gasteiger partial charge is 0.508 e. The van der Waals surface area contributed by atoms with Crippen LogP contribution in [-0.2, 0) is 14.2 Å². The van der Waals surface area contributed by atoms with E-state index < -0.39 is 6.16 Å². The molecule has 0 bridgehead atoms. The Morgan fingerprint density at radius 1 is 0.914 bits per heavy atom. The van der Waals surface area contributed by atoms with Gasteiger partial charge >= 0.3 is 6.16 Å². The molecule has 2 saturated carbocycles. The number of aromatic amines is 1. The number of unbranched alkanes of at least 4 members (excludes halogenated alkanes) is 7. The molecule has 1 aromatic heterocycles. The van der Waals surface area contributed by atoms with Crippen LogP contribution in [0.5, 0.6) is 0 Å². The second kappa shape index (κ2) is 16.2. The van der Waals surface area contributed by atoms with Gasteiger partial charge in [0, 0.05) is 24.4 Å². The summed E-state index contributed by atoms with van der Waals surface area (Å²) >= 11 is 0. The highest BCUT2D eigenvalue weighted by molar-refractivity contribution is 5.59. The minimum atomic E-state index is -0.528. The first-order valence-corrected chi connectivity index (χ1v) is 14.5. The highest BCUT2D eigenvalue weighted by Crippen LogP contribution is 2.38. The van der Waals surface area contributed by atoms with E-state index in [-0.39, 0.29) is 11.8 Å². The SMILES string of the molecule is CCCCCCCCCCOC(=O)OCC1CCCCC1c1nc(C2CCCC(OCC)C2)n[nH]1. The van der Waals surface area contributed by atoms with E-state index in [0.717, 1.165) is 69.6 Å². The first kappa shape index (κ1) is 27.9. The van der Waals surface area contributed by atoms with Crippen LogP contribution in [0, 0.1) is 5.92 Å². The zero-order valence-electron chi connectivity index (χ0n) is 22.3. The standard InChI is InChI=1S/C28H49N3O4/c1-3-5-6-7-8-9-10-13-19-34-28(32)35-21-23-15-11-12-18-25(23)27-29-26(30-31-27)22-16-14-17-24(20-22)33-4-2/h22-25H,3-21H2,1-2H3,(H,29,30,31). The predicted octanol–water partition coefficient (Wildman–Crippen LogP) is 7.44. The Morgan fingerprint density at radius 2 is 1.69 bits per heavy atom. The Morgan fingerprint density at radius 3 is 2.49 bits per heavy atom. The maximum absolute atomic E-state index is 12.1. The fourth-order valence-electron chi connectivity index (χ4n) is 5.78. The lowest BCUT2D eigenvalue weighted by Gasteiger charge is -2.29. The minimum Gasteiger partial charge on any atom is -0.434 e. The van der Waals surface area contributed by atoms with Crippen molar-refractivity contribution in [3.63, 3.8) is 0 Å². The summed E-state index contributed by atoms with van der Waals surface area (Å²) in [7, 11) is 0. The number of nitrogens with one attached hydrogen (secondary N) is 1. The number of carbonyl (C=O) groups is 1. The van der Waals surface area contributed by atoms with Crippen LogP contribution in [0.3, 0.4) is 0 Å². The summed E-state index contributed by atoms with van der Waals surface area (Å²) in [5.74, 6) is 2.79. The average molecular weight is 492 g/mol. The fraction of sp³-hybridized carbons (Fsp3) is 0.893. The Balaban J connectivity index is 1.37. The van der Waals surface area contributed by atoms with Crippen LogP contribution in [0.4, 0.5) is 4.79 Å². The molecular formula is C28H49N3O4. The monoisotopic (exact) mass is 491 g/mol. The van der Waals surface area contributed by atoms with Crippen LogP contribution in [0.1, 0.15) is 140 Å². The first-order chi connectivity index (χ1) is 17.2. The van der Waals surface area contributed by atoms with Crippen molar-refractivity contribution in [1.29, 1.82) is 0 Å². The van der Waals surface area contributed by atoms with Crippen molar-refractivity contribution in [3.8, 4) is 0 Å². The van der Waals surface area contributed by atoms with E-state index >= 15 is 0 Å². The Hall–Kier alpha value is -1.63. The predicted molar refractivity (Wildman–Crippen MR) is 138 cm³/mol. The molecule has 2 aliphatic carbocycles. The summed E-state index contributed by atoms with van der Waals surface area (Å²) in [5.41, 5.74) is 0. The molecule has 0 amide bonds. The zero-order valence-corrected chi connectivity index (χ0v) is 22.3. The molecule has 0 spiro atoms. The average Bonchev–Trinajstić information content (AvgIpc) is 3.37. The van der Waals surface area contributed by atoms with Gasteiger partial charge in [0.1, 0.15) is 5.82 Å². The van der Waals surface area contributed by atoms with Crippen molar-refractivity contribution >= 4 is 6.16 Å². The van der Waals surface area contributed by atoms with E-state index in [1.54, 1.807) is 0 Å². The smallest absolute Gasteiger partial charge is 0.434 e. The number of ether oxygens (including phenoxy) is 3. The topological polar surface area (TPSA) is 86.3 Å². The number of aromatic nitrogens is 3. The number of rotatable bonds is 15. The number of hydrogen-bond donors (Lipinski definition) is 1. The summed E-state index contributed by atoms with van der Waals surface area (Å²) in [6, 6.07) is 0. The van der Waals surface area contributed by atoms with Crippen molar-refractivity contribution in [2.24, 2.45) is 5.92 Å². The van der Waals surface area contributed by atoms with Gasteiger partial charge in [0.15, 0.2) is 5.82 Å². The third kappa shape index (κ3) is 9.74. The van der Waals surface area contributed by atoms with Crippen LogP contribution < -0.4 is 0 Å². The van der Waals surface area contributed by atoms with Crippen molar-refractivity contribution in [1.82, 2.24) is 15.2 Å². The molecule has 4 atom stereocenters. The summed E-state index contributed by atoms with van der Waals surface area (Å²) in [6.07, 6.45) is 18.5. The van der Waals surface area contributed by atoms with Crippen molar-refractivity contribution in [2.45, 2.75) is 135 Å². The minimum absolute atomic E-state index is 0.261. The van der Waals surface area contributed by atoms with Crippen LogP contribution in [0.2, 0.25) is 0 Å². The normalized spacial score (nSPS) is 24.9. The lowest BCUT2D eigenvalue weighted by atomic mass is 9.79. The van der Waals surface area contributed by atoms with Gasteiger partial charge in [-0.3, -0.25) is 5.10 Å². The molecule has 200 valence electrons. The van der Waals surface area contributed by atoms with E-state index in [9.17, 15) is 4.79 Å². The Kier molecular flexibility index (Phi) is 12.9. The summed E-state index contributed by atoms with van der Waals surface area (Å²) in [4.78, 5) is 17.1. The number of carbonyl (C=O) groups excluding carboxylic acids is 1. The maximum atomic E-state index is 12.1. The van der Waals surface area contributed by atoms with Gasteiger partial charge in [0.25, 0.3) is 0 Å². The molecule has 0 aliphatic heterocycles. The van der Waals surface area contributed by atoms with Gasteiger partial charge in [-0.15, -0.1) is 0 Å². The van der Waals surface area contributed by atoms with E-state index in [4.69, 9.17) is 19.2 Å². The fourth-order valence-corrected chi connectivity index (χ4v) is 5.78. The molecule has 0 aromatic carbocycles. The van der Waals surface area contributed by atoms with Crippen LogP contribution in [-0.4, -0.2) is 47.3 Å². The van der Waals surface area contributed by atoms with E-state index in [1.807, 2.05) is 0 Å². The van der Waals surface area contributed by atoms with Gasteiger partial charge in [-0.1, -0.05) is 71.1 Å². The van der Waals surface area contributed by atoms with Crippen LogP contribution in [0.15, 0.2) is 0 Å². The highest BCUT2D eigenvalue weighted by atomic mass is 16.7. The quantitative estimate of drug-likeness (QED) is 0.203. The molecule has 0 saturated heterocycles. The summed E-state index contributed by atoms with van der Waals surface area (Å²) < 4.78 is 16.7. The number of hydrogen-bond acceptors (Lipinski definition) is 6. The number of H-pyrrole nitrogens is 1. The van der Waals surface area contributed by atoms with Crippen molar-refractivity contribution in [2.75, 3.05) is 19.8 Å². The third-order valence-corrected chi connectivity index (χ3v) is 7.81. The molecule has 1 N–H and O–H groups in total. The Labute approximate surface area is 212 Å². The molecule has 4 unspecified atom stereocenters.